The van der Waals surface area contributed by atoms with Crippen LogP contribution in [0.4, 0.5) is 0 Å². The van der Waals surface area contributed by atoms with Gasteiger partial charge in [-0.15, -0.1) is 33.5 Å². The Balaban J connectivity index is 0.00000683. The standard InChI is InChI=1S/C49H59N4O6.Mg/c1-10-13-14-16-27(4)17-15-18-28(5)21-22-59-42(55)20-19-34-30(7)37-23-36-29(6)32(11-2)39(50-36)25-41-35(26-54)33(12-3)40(51-41)24-38-31(8)43-47(53-38)44(46(34)52-37)45(48(43)56)49(57)58-9;/h11,21,23-27,30,34,45H,2,10,12-20,22H2,1,3-9H3,(H-,52,53,54,56);/q-3;+2/p-1/b28-21+,37-23-,41-25-;/t27-,30+,34+,45-;/m1./s1. The third-order valence-corrected chi connectivity index (χ3v) is 12.5. The Bertz CT molecular complexity index is 2370. The molecule has 5 heterocycles. The molecule has 8 bridgehead atoms. The Morgan fingerprint density at radius 2 is 1.65 bits per heavy atom. The number of hydrogen-bond donors (Lipinski definition) is 0. The van der Waals surface area contributed by atoms with Crippen molar-refractivity contribution in [1.29, 1.82) is 0 Å². The minimum atomic E-state index is -1.26. The first-order chi connectivity index (χ1) is 28.4. The molecule has 0 saturated carbocycles. The van der Waals surface area contributed by atoms with Gasteiger partial charge in [-0.2, -0.15) is 11.4 Å². The fourth-order valence-corrected chi connectivity index (χ4v) is 8.94. The molecule has 0 N–H and O–H groups in total. The van der Waals surface area contributed by atoms with Crippen LogP contribution < -0.4 is 25.7 Å². The minimum Gasteiger partial charge on any atom is -0.664 e. The van der Waals surface area contributed by atoms with Gasteiger partial charge in [-0.3, -0.25) is 19.2 Å². The maximum atomic E-state index is 14.3. The van der Waals surface area contributed by atoms with Crippen molar-refractivity contribution >= 4 is 76.9 Å². The van der Waals surface area contributed by atoms with Crippen LogP contribution >= 0.6 is 0 Å². The van der Waals surface area contributed by atoms with Gasteiger partial charge in [0.1, 0.15) is 18.8 Å². The van der Waals surface area contributed by atoms with Gasteiger partial charge in [-0.25, -0.2) is 0 Å². The van der Waals surface area contributed by atoms with Crippen LogP contribution in [0.15, 0.2) is 29.6 Å². The average molecular weight is 823 g/mol. The summed E-state index contributed by atoms with van der Waals surface area (Å²) in [7, 11) is 1.27. The summed E-state index contributed by atoms with van der Waals surface area (Å²) < 4.78 is 10.9. The number of rotatable bonds is 17. The summed E-state index contributed by atoms with van der Waals surface area (Å²) in [6.45, 7) is 18.7. The molecule has 1 fully saturated rings. The summed E-state index contributed by atoms with van der Waals surface area (Å²) in [5.41, 5.74) is 8.85. The smallest absolute Gasteiger partial charge is 0.664 e. The second-order valence-corrected chi connectivity index (χ2v) is 16.5. The Morgan fingerprint density at radius 3 is 2.33 bits per heavy atom. The monoisotopic (exact) mass is 822 g/mol. The van der Waals surface area contributed by atoms with Crippen LogP contribution in [0.3, 0.4) is 0 Å². The Labute approximate surface area is 370 Å². The van der Waals surface area contributed by atoms with E-state index < -0.39 is 17.7 Å². The Hall–Kier alpha value is -4.61. The fourth-order valence-electron chi connectivity index (χ4n) is 8.94. The zero-order chi connectivity index (χ0) is 42.5. The van der Waals surface area contributed by atoms with Crippen molar-refractivity contribution in [2.24, 2.45) is 23.7 Å². The van der Waals surface area contributed by atoms with E-state index in [9.17, 15) is 19.2 Å². The molecular formula is C49H58MgN4O6-2. The van der Waals surface area contributed by atoms with Crippen molar-refractivity contribution < 1.29 is 28.7 Å². The molecule has 0 aromatic carbocycles. The second-order valence-electron chi connectivity index (χ2n) is 16.5. The molecule has 0 unspecified atom stereocenters. The van der Waals surface area contributed by atoms with E-state index >= 15 is 0 Å². The van der Waals surface area contributed by atoms with Gasteiger partial charge in [0, 0.05) is 17.5 Å². The minimum absolute atomic E-state index is 0. The van der Waals surface area contributed by atoms with Gasteiger partial charge in [-0.05, 0) is 75.8 Å². The number of Topliss-reactive ketones (excluding diaryl/α,β-unsaturated/α-hetero) is 1. The van der Waals surface area contributed by atoms with Crippen molar-refractivity contribution in [3.8, 4) is 0 Å². The number of nitrogens with zero attached hydrogens (tertiary/aromatic N) is 4. The molecule has 0 spiro atoms. The van der Waals surface area contributed by atoms with Gasteiger partial charge in [0.2, 0.25) is 0 Å². The summed E-state index contributed by atoms with van der Waals surface area (Å²) in [5, 5.41) is 6.23. The van der Waals surface area contributed by atoms with Gasteiger partial charge in [-0.1, -0.05) is 119 Å². The largest absolute Gasteiger partial charge is 2.00 e. The SMILES string of the molecule is C=Cc1c2[n-]c(c1C)/C=C1\[N-]/C(=C3\c4[n-]c(c(C)c4C(=O)[C@@H]3C(=O)OC)/C=c3\[n-]/c(c(C=O)c3CC)=C\2)[C@@H](CCC(=O)OC/C=C(\C)CCC[C@H](C)CCCCC)[C@@H]1C.[Mg+2]. The molecule has 0 radical (unpaired) electrons. The molecule has 4 atom stereocenters. The van der Waals surface area contributed by atoms with Crippen molar-refractivity contribution in [1.82, 2.24) is 15.0 Å². The number of ether oxygens (including phenoxy) is 2. The molecule has 2 aliphatic heterocycles. The average Bonchev–Trinajstić information content (AvgIpc) is 3.97. The number of esters is 2. The Morgan fingerprint density at radius 1 is 0.933 bits per heavy atom. The molecule has 60 heavy (non-hydrogen) atoms. The number of unbranched alkanes of at least 4 members (excludes halogenated alkanes) is 2. The van der Waals surface area contributed by atoms with Crippen molar-refractivity contribution in [2.45, 2.75) is 113 Å². The molecule has 3 aliphatic rings. The quantitative estimate of drug-likeness (QED) is 0.0333. The number of hydrogen-bond acceptors (Lipinski definition) is 6. The van der Waals surface area contributed by atoms with E-state index in [-0.39, 0.29) is 53.9 Å². The molecule has 1 aliphatic carbocycles. The van der Waals surface area contributed by atoms with Crippen molar-refractivity contribution in [3.63, 3.8) is 0 Å². The van der Waals surface area contributed by atoms with Gasteiger partial charge < -0.3 is 29.7 Å². The number of aldehydes is 1. The number of aromatic nitrogens is 3. The fraction of sp³-hybridized carbons (Fsp3) is 0.469. The molecule has 0 amide bonds. The number of fused-ring (bicyclic) bond motifs is 7. The van der Waals surface area contributed by atoms with E-state index in [1.807, 2.05) is 39.0 Å². The van der Waals surface area contributed by atoms with E-state index in [0.29, 0.717) is 80.0 Å². The third-order valence-electron chi connectivity index (χ3n) is 12.5. The van der Waals surface area contributed by atoms with Crippen molar-refractivity contribution in [2.75, 3.05) is 13.7 Å². The summed E-state index contributed by atoms with van der Waals surface area (Å²) >= 11 is 0. The summed E-state index contributed by atoms with van der Waals surface area (Å²) in [6.07, 6.45) is 19.5. The molecule has 3 aromatic heterocycles. The molecule has 10 nitrogen and oxygen atoms in total. The van der Waals surface area contributed by atoms with Crippen LogP contribution in [0.25, 0.3) is 35.2 Å². The molecular weight excluding hydrogens is 765 g/mol. The van der Waals surface area contributed by atoms with E-state index in [1.165, 1.54) is 44.8 Å². The van der Waals surface area contributed by atoms with Crippen LogP contribution in [0.1, 0.15) is 158 Å². The predicted octanol–water partition coefficient (Wildman–Crippen LogP) is 7.82. The topological polar surface area (TPSA) is 143 Å². The number of allylic oxidation sites excluding steroid dienone is 3. The maximum Gasteiger partial charge on any atom is 2.00 e. The number of carbonyl (C=O) groups excluding carboxylic acids is 4. The predicted molar refractivity (Wildman–Crippen MR) is 238 cm³/mol. The zero-order valence-electron chi connectivity index (χ0n) is 36.7. The van der Waals surface area contributed by atoms with Gasteiger partial charge in [0.05, 0.1) is 7.11 Å². The normalized spacial score (nSPS) is 21.7. The van der Waals surface area contributed by atoms with E-state index in [2.05, 4.69) is 27.4 Å². The van der Waals surface area contributed by atoms with Crippen LogP contribution in [0.5, 0.6) is 0 Å². The first kappa shape index (κ1) is 46.5. The van der Waals surface area contributed by atoms with Crippen LogP contribution in [-0.4, -0.2) is 60.8 Å². The van der Waals surface area contributed by atoms with Crippen LogP contribution in [0, 0.1) is 37.5 Å². The molecule has 11 heteroatoms. The van der Waals surface area contributed by atoms with Gasteiger partial charge >= 0.3 is 35.0 Å². The zero-order valence-corrected chi connectivity index (χ0v) is 38.1. The van der Waals surface area contributed by atoms with E-state index in [4.69, 9.17) is 29.7 Å². The number of ketones is 1. The van der Waals surface area contributed by atoms with Crippen LogP contribution in [0.2, 0.25) is 0 Å². The Kier molecular flexibility index (Phi) is 15.7. The number of carbonyl (C=O) groups is 4. The molecule has 1 saturated heterocycles. The van der Waals surface area contributed by atoms with Crippen LogP contribution in [-0.2, 0) is 25.5 Å². The molecule has 314 valence electrons. The number of methoxy groups -OCH3 is 1. The molecule has 6 rings (SSSR count). The van der Waals surface area contributed by atoms with E-state index in [0.717, 1.165) is 41.7 Å². The molecule has 3 aromatic rings. The van der Waals surface area contributed by atoms with Crippen molar-refractivity contribution in [3.05, 3.63) is 102 Å². The summed E-state index contributed by atoms with van der Waals surface area (Å²) in [4.78, 5) is 68.6. The summed E-state index contributed by atoms with van der Waals surface area (Å²) in [5.74, 6) is -2.56. The second kappa shape index (κ2) is 20.3. The summed E-state index contributed by atoms with van der Waals surface area (Å²) in [6, 6.07) is 0. The third kappa shape index (κ3) is 9.32. The first-order valence-corrected chi connectivity index (χ1v) is 21.3. The first-order valence-electron chi connectivity index (χ1n) is 21.3. The van der Waals surface area contributed by atoms with E-state index in [1.54, 1.807) is 19.1 Å². The van der Waals surface area contributed by atoms with Gasteiger partial charge in [0.25, 0.3) is 0 Å². The maximum absolute atomic E-state index is 14.3. The van der Waals surface area contributed by atoms with Gasteiger partial charge in [0.15, 0.2) is 5.78 Å².